The maximum atomic E-state index is 12.2. The van der Waals surface area contributed by atoms with E-state index in [-0.39, 0.29) is 18.3 Å². The molecule has 2 N–H and O–H groups in total. The van der Waals surface area contributed by atoms with Crippen molar-refractivity contribution in [2.24, 2.45) is 0 Å². The first-order valence-corrected chi connectivity index (χ1v) is 9.42. The monoisotopic (exact) mass is 370 g/mol. The molecule has 0 radical (unpaired) electrons. The van der Waals surface area contributed by atoms with Crippen LogP contribution in [0.1, 0.15) is 57.9 Å². The highest BCUT2D eigenvalue weighted by molar-refractivity contribution is 7.15. The van der Waals surface area contributed by atoms with Crippen LogP contribution < -0.4 is 10.6 Å². The van der Waals surface area contributed by atoms with Crippen LogP contribution in [0, 0.1) is 0 Å². The predicted molar refractivity (Wildman–Crippen MR) is 96.2 cm³/mol. The van der Waals surface area contributed by atoms with Crippen molar-refractivity contribution < 1.29 is 4.79 Å². The van der Waals surface area contributed by atoms with Gasteiger partial charge in [-0.25, -0.2) is 9.97 Å². The van der Waals surface area contributed by atoms with Crippen LogP contribution in [0.4, 0.5) is 5.13 Å². The fourth-order valence-corrected chi connectivity index (χ4v) is 4.66. The highest BCUT2D eigenvalue weighted by atomic mass is 35.5. The van der Waals surface area contributed by atoms with Crippen molar-refractivity contribution in [3.8, 4) is 0 Å². The lowest BCUT2D eigenvalue weighted by Crippen LogP contribution is -2.26. The SMILES string of the molecule is Cl.O=C(Nc1ncc(C2CCNCC2)s1)c1csc(C2CC2)n1. The van der Waals surface area contributed by atoms with Crippen molar-refractivity contribution >= 4 is 46.1 Å². The molecule has 0 spiro atoms. The molecule has 3 heterocycles. The van der Waals surface area contributed by atoms with Gasteiger partial charge in [-0.3, -0.25) is 10.1 Å². The van der Waals surface area contributed by atoms with Crippen LogP contribution in [0.25, 0.3) is 0 Å². The third-order valence-corrected chi connectivity index (χ3v) is 6.25. The van der Waals surface area contributed by atoms with Gasteiger partial charge in [0, 0.05) is 22.4 Å². The summed E-state index contributed by atoms with van der Waals surface area (Å²) in [4.78, 5) is 22.3. The zero-order chi connectivity index (χ0) is 14.9. The Morgan fingerprint density at radius 3 is 2.74 bits per heavy atom. The summed E-state index contributed by atoms with van der Waals surface area (Å²) in [5, 5.41) is 9.88. The van der Waals surface area contributed by atoms with Crippen molar-refractivity contribution in [3.05, 3.63) is 27.2 Å². The summed E-state index contributed by atoms with van der Waals surface area (Å²) in [6.07, 6.45) is 6.62. The number of anilines is 1. The molecule has 8 heteroatoms. The minimum absolute atomic E-state index is 0. The zero-order valence-corrected chi connectivity index (χ0v) is 15.0. The molecule has 23 heavy (non-hydrogen) atoms. The van der Waals surface area contributed by atoms with Crippen LogP contribution in [0.15, 0.2) is 11.6 Å². The van der Waals surface area contributed by atoms with Crippen molar-refractivity contribution in [1.29, 1.82) is 0 Å². The van der Waals surface area contributed by atoms with Crippen LogP contribution in [0.5, 0.6) is 0 Å². The Kier molecular flexibility index (Phi) is 5.31. The van der Waals surface area contributed by atoms with E-state index in [0.29, 0.717) is 22.7 Å². The summed E-state index contributed by atoms with van der Waals surface area (Å²) in [5.41, 5.74) is 0.519. The number of rotatable bonds is 4. The van der Waals surface area contributed by atoms with E-state index in [1.807, 2.05) is 11.6 Å². The van der Waals surface area contributed by atoms with E-state index in [1.165, 1.54) is 17.7 Å². The zero-order valence-electron chi connectivity index (χ0n) is 12.6. The van der Waals surface area contributed by atoms with Gasteiger partial charge in [0.05, 0.1) is 5.01 Å². The van der Waals surface area contributed by atoms with E-state index in [0.717, 1.165) is 30.9 Å². The van der Waals surface area contributed by atoms with Gasteiger partial charge >= 0.3 is 0 Å². The average molecular weight is 371 g/mol. The third-order valence-electron chi connectivity index (χ3n) is 4.17. The Morgan fingerprint density at radius 1 is 1.22 bits per heavy atom. The van der Waals surface area contributed by atoms with Crippen LogP contribution in [0.2, 0.25) is 0 Å². The fraction of sp³-hybridized carbons (Fsp3) is 0.533. The van der Waals surface area contributed by atoms with Crippen LogP contribution in [-0.2, 0) is 0 Å². The molecular formula is C15H19ClN4OS2. The fourth-order valence-electron chi connectivity index (χ4n) is 2.71. The second-order valence-electron chi connectivity index (χ2n) is 5.89. The molecule has 2 fully saturated rings. The smallest absolute Gasteiger partial charge is 0.276 e. The van der Waals surface area contributed by atoms with Gasteiger partial charge in [-0.2, -0.15) is 0 Å². The molecule has 124 valence electrons. The summed E-state index contributed by atoms with van der Waals surface area (Å²) in [5.74, 6) is 1.03. The average Bonchev–Trinajstić information content (AvgIpc) is 3.10. The van der Waals surface area contributed by atoms with E-state index < -0.39 is 0 Å². The highest BCUT2D eigenvalue weighted by Crippen LogP contribution is 2.41. The van der Waals surface area contributed by atoms with Gasteiger partial charge in [-0.15, -0.1) is 35.1 Å². The lowest BCUT2D eigenvalue weighted by Gasteiger charge is -2.20. The van der Waals surface area contributed by atoms with E-state index in [2.05, 4.69) is 20.6 Å². The van der Waals surface area contributed by atoms with Gasteiger partial charge in [0.15, 0.2) is 5.13 Å². The Hall–Kier alpha value is -1.02. The second-order valence-corrected chi connectivity index (χ2v) is 7.84. The molecule has 5 nitrogen and oxygen atoms in total. The largest absolute Gasteiger partial charge is 0.317 e. The number of halogens is 1. The third kappa shape index (κ3) is 3.91. The Bertz CT molecular complexity index is 677. The summed E-state index contributed by atoms with van der Waals surface area (Å²) >= 11 is 3.18. The molecule has 0 atom stereocenters. The molecule has 1 aliphatic carbocycles. The number of carbonyl (C=O) groups excluding carboxylic acids is 1. The van der Waals surface area contributed by atoms with E-state index in [9.17, 15) is 4.79 Å². The molecule has 2 aliphatic rings. The number of hydrogen-bond acceptors (Lipinski definition) is 6. The number of thiazole rings is 2. The molecular weight excluding hydrogens is 352 g/mol. The number of aromatic nitrogens is 2. The number of piperidine rings is 1. The van der Waals surface area contributed by atoms with Crippen LogP contribution in [-0.4, -0.2) is 29.0 Å². The lowest BCUT2D eigenvalue weighted by atomic mass is 9.97. The standard InChI is InChI=1S/C15H18N4OS2.ClH/c20-13(11-8-21-14(18-11)10-1-2-10)19-15-17-7-12(22-15)9-3-5-16-6-4-9;/h7-10,16H,1-6H2,(H,17,19,20);1H. The number of nitrogens with one attached hydrogen (secondary N) is 2. The summed E-state index contributed by atoms with van der Waals surface area (Å²) in [6.45, 7) is 2.13. The molecule has 0 bridgehead atoms. The highest BCUT2D eigenvalue weighted by Gasteiger charge is 2.27. The summed E-state index contributed by atoms with van der Waals surface area (Å²) < 4.78 is 0. The molecule has 1 amide bonds. The van der Waals surface area contributed by atoms with Gasteiger partial charge < -0.3 is 5.32 Å². The molecule has 0 aromatic carbocycles. The van der Waals surface area contributed by atoms with Crippen molar-refractivity contribution in [1.82, 2.24) is 15.3 Å². The van der Waals surface area contributed by atoms with Gasteiger partial charge in [-0.1, -0.05) is 0 Å². The Balaban J connectivity index is 0.00000156. The minimum atomic E-state index is -0.144. The summed E-state index contributed by atoms with van der Waals surface area (Å²) in [7, 11) is 0. The first kappa shape index (κ1) is 16.8. The molecule has 1 saturated heterocycles. The minimum Gasteiger partial charge on any atom is -0.317 e. The van der Waals surface area contributed by atoms with Crippen LogP contribution in [0.3, 0.4) is 0 Å². The molecule has 1 saturated carbocycles. The van der Waals surface area contributed by atoms with Gasteiger partial charge in [0.1, 0.15) is 5.69 Å². The topological polar surface area (TPSA) is 66.9 Å². The number of carbonyl (C=O) groups is 1. The predicted octanol–water partition coefficient (Wildman–Crippen LogP) is 3.62. The number of amides is 1. The lowest BCUT2D eigenvalue weighted by molar-refractivity contribution is 0.102. The van der Waals surface area contributed by atoms with Crippen LogP contribution >= 0.6 is 35.1 Å². The normalized spacial score (nSPS) is 18.4. The second kappa shape index (κ2) is 7.25. The Morgan fingerprint density at radius 2 is 2.00 bits per heavy atom. The molecule has 1 aliphatic heterocycles. The summed E-state index contributed by atoms with van der Waals surface area (Å²) in [6, 6.07) is 0. The van der Waals surface area contributed by atoms with Crippen molar-refractivity contribution in [3.63, 3.8) is 0 Å². The first-order chi connectivity index (χ1) is 10.8. The quantitative estimate of drug-likeness (QED) is 0.862. The Labute approximate surface area is 149 Å². The van der Waals surface area contributed by atoms with E-state index in [4.69, 9.17) is 0 Å². The first-order valence-electron chi connectivity index (χ1n) is 7.73. The molecule has 2 aromatic rings. The van der Waals surface area contributed by atoms with Crippen molar-refractivity contribution in [2.75, 3.05) is 18.4 Å². The van der Waals surface area contributed by atoms with Gasteiger partial charge in [0.25, 0.3) is 5.91 Å². The molecule has 2 aromatic heterocycles. The number of nitrogens with zero attached hydrogens (tertiary/aromatic N) is 2. The van der Waals surface area contributed by atoms with Crippen molar-refractivity contribution in [2.45, 2.75) is 37.5 Å². The molecule has 0 unspecified atom stereocenters. The van der Waals surface area contributed by atoms with E-state index >= 15 is 0 Å². The molecule has 4 rings (SSSR count). The van der Waals surface area contributed by atoms with E-state index in [1.54, 1.807) is 22.7 Å². The van der Waals surface area contributed by atoms with Gasteiger partial charge in [-0.05, 0) is 44.7 Å². The maximum Gasteiger partial charge on any atom is 0.276 e. The number of hydrogen-bond donors (Lipinski definition) is 2. The maximum absolute atomic E-state index is 12.2. The van der Waals surface area contributed by atoms with Gasteiger partial charge in [0.2, 0.25) is 0 Å².